The molecule has 2 heterocycles. The highest BCUT2D eigenvalue weighted by Crippen LogP contribution is 2.62. The highest BCUT2D eigenvalue weighted by Gasteiger charge is 2.54. The summed E-state index contributed by atoms with van der Waals surface area (Å²) in [5, 5.41) is 3.47. The molecule has 0 atom stereocenters. The van der Waals surface area contributed by atoms with Crippen LogP contribution in [-0.4, -0.2) is 16.1 Å². The number of nitrogens with zero attached hydrogens (tertiary/aromatic N) is 2. The van der Waals surface area contributed by atoms with Crippen LogP contribution >= 0.6 is 0 Å². The Morgan fingerprint density at radius 1 is 1.35 bits per heavy atom. The van der Waals surface area contributed by atoms with Crippen LogP contribution in [0.4, 0.5) is 0 Å². The van der Waals surface area contributed by atoms with Crippen molar-refractivity contribution >= 4 is 0 Å². The maximum atomic E-state index is 4.98. The van der Waals surface area contributed by atoms with Gasteiger partial charge in [0.25, 0.3) is 0 Å². The van der Waals surface area contributed by atoms with Crippen molar-refractivity contribution in [3.05, 3.63) is 17.2 Å². The molecule has 20 heavy (non-hydrogen) atoms. The third-order valence-electron chi connectivity index (χ3n) is 5.46. The number of hydrogen-bond donors (Lipinski definition) is 1. The lowest BCUT2D eigenvalue weighted by Gasteiger charge is -2.22. The van der Waals surface area contributed by atoms with Crippen molar-refractivity contribution in [1.29, 1.82) is 0 Å². The molecule has 3 heteroatoms. The summed E-state index contributed by atoms with van der Waals surface area (Å²) in [5.41, 5.74) is 3.55. The first-order valence-electron chi connectivity index (χ1n) is 8.46. The van der Waals surface area contributed by atoms with Gasteiger partial charge in [0.15, 0.2) is 0 Å². The zero-order valence-corrected chi connectivity index (χ0v) is 12.9. The molecule has 0 amide bonds. The first-order valence-corrected chi connectivity index (χ1v) is 8.46. The topological polar surface area (TPSA) is 29.9 Å². The highest BCUT2D eigenvalue weighted by atomic mass is 15.1. The Morgan fingerprint density at radius 3 is 2.80 bits per heavy atom. The first-order chi connectivity index (χ1) is 9.68. The Bertz CT molecular complexity index is 507. The standard InChI is InChI=1S/C17H27N3/c1-12(2)9-16-19-14-10-18-8-5-15(14)20(16)11-17(6-7-17)13-3-4-13/h12-13,18H,3-11H2,1-2H3. The summed E-state index contributed by atoms with van der Waals surface area (Å²) >= 11 is 0. The minimum Gasteiger partial charge on any atom is -0.331 e. The summed E-state index contributed by atoms with van der Waals surface area (Å²) in [6.07, 6.45) is 8.19. The van der Waals surface area contributed by atoms with Crippen molar-refractivity contribution in [3.63, 3.8) is 0 Å². The maximum Gasteiger partial charge on any atom is 0.109 e. The summed E-state index contributed by atoms with van der Waals surface area (Å²) < 4.78 is 2.64. The van der Waals surface area contributed by atoms with Crippen LogP contribution in [0.2, 0.25) is 0 Å². The summed E-state index contributed by atoms with van der Waals surface area (Å²) in [7, 11) is 0. The molecule has 1 aromatic heterocycles. The van der Waals surface area contributed by atoms with Crippen molar-refractivity contribution in [2.45, 2.75) is 65.5 Å². The fourth-order valence-electron chi connectivity index (χ4n) is 4.00. The number of hydrogen-bond acceptors (Lipinski definition) is 2. The van der Waals surface area contributed by atoms with Gasteiger partial charge >= 0.3 is 0 Å². The fourth-order valence-corrected chi connectivity index (χ4v) is 4.00. The van der Waals surface area contributed by atoms with Crippen LogP contribution in [0.25, 0.3) is 0 Å². The third kappa shape index (κ3) is 2.20. The number of rotatable bonds is 5. The van der Waals surface area contributed by atoms with E-state index in [2.05, 4.69) is 23.7 Å². The quantitative estimate of drug-likeness (QED) is 0.894. The normalized spacial score (nSPS) is 23.9. The van der Waals surface area contributed by atoms with Gasteiger partial charge in [-0.05, 0) is 42.9 Å². The van der Waals surface area contributed by atoms with Gasteiger partial charge in [-0.15, -0.1) is 0 Å². The molecule has 4 rings (SSSR count). The Hall–Kier alpha value is -0.830. The molecule has 1 aromatic rings. The smallest absolute Gasteiger partial charge is 0.109 e. The average Bonchev–Trinajstić information content (AvgIpc) is 3.29. The van der Waals surface area contributed by atoms with E-state index in [4.69, 9.17) is 4.98 Å². The van der Waals surface area contributed by atoms with Gasteiger partial charge < -0.3 is 9.88 Å². The van der Waals surface area contributed by atoms with Gasteiger partial charge in [0.1, 0.15) is 5.82 Å². The minimum atomic E-state index is 0.672. The largest absolute Gasteiger partial charge is 0.331 e. The lowest BCUT2D eigenvalue weighted by Crippen LogP contribution is -2.26. The molecule has 0 radical (unpaired) electrons. The van der Waals surface area contributed by atoms with Crippen LogP contribution < -0.4 is 5.32 Å². The molecule has 3 aliphatic rings. The van der Waals surface area contributed by atoms with Crippen molar-refractivity contribution < 1.29 is 0 Å². The number of aromatic nitrogens is 2. The summed E-state index contributed by atoms with van der Waals surface area (Å²) in [6.45, 7) is 7.98. The molecule has 2 fully saturated rings. The molecule has 110 valence electrons. The second-order valence-electron chi connectivity index (χ2n) is 7.67. The van der Waals surface area contributed by atoms with Gasteiger partial charge in [-0.3, -0.25) is 0 Å². The van der Waals surface area contributed by atoms with E-state index >= 15 is 0 Å². The van der Waals surface area contributed by atoms with Crippen LogP contribution in [0.15, 0.2) is 0 Å². The zero-order chi connectivity index (χ0) is 13.7. The molecule has 2 aliphatic carbocycles. The molecule has 1 aliphatic heterocycles. The van der Waals surface area contributed by atoms with E-state index in [1.165, 1.54) is 50.2 Å². The Labute approximate surface area is 122 Å². The van der Waals surface area contributed by atoms with Gasteiger partial charge in [-0.1, -0.05) is 13.8 Å². The second-order valence-corrected chi connectivity index (χ2v) is 7.67. The van der Waals surface area contributed by atoms with Crippen LogP contribution in [0, 0.1) is 17.3 Å². The van der Waals surface area contributed by atoms with Gasteiger partial charge in [-0.25, -0.2) is 4.98 Å². The number of nitrogens with one attached hydrogen (secondary N) is 1. The minimum absolute atomic E-state index is 0.672. The first kappa shape index (κ1) is 12.9. The maximum absolute atomic E-state index is 4.98. The Kier molecular flexibility index (Phi) is 2.95. The van der Waals surface area contributed by atoms with E-state index in [-0.39, 0.29) is 0 Å². The molecule has 2 saturated carbocycles. The highest BCUT2D eigenvalue weighted by molar-refractivity contribution is 5.22. The lowest BCUT2D eigenvalue weighted by molar-refractivity contribution is 0.354. The Balaban J connectivity index is 1.66. The predicted octanol–water partition coefficient (Wildman–Crippen LogP) is 2.92. The van der Waals surface area contributed by atoms with Crippen LogP contribution in [0.5, 0.6) is 0 Å². The number of imidazole rings is 1. The molecule has 0 bridgehead atoms. The number of fused-ring (bicyclic) bond motifs is 1. The van der Waals surface area contributed by atoms with Crippen LogP contribution in [0.3, 0.4) is 0 Å². The van der Waals surface area contributed by atoms with Crippen molar-refractivity contribution in [2.75, 3.05) is 6.54 Å². The van der Waals surface area contributed by atoms with E-state index in [0.717, 1.165) is 25.4 Å². The van der Waals surface area contributed by atoms with E-state index in [1.807, 2.05) is 0 Å². The van der Waals surface area contributed by atoms with Gasteiger partial charge in [0, 0.05) is 38.2 Å². The summed E-state index contributed by atoms with van der Waals surface area (Å²) in [6, 6.07) is 0. The molecule has 0 aromatic carbocycles. The van der Waals surface area contributed by atoms with E-state index in [1.54, 1.807) is 5.69 Å². The molecule has 3 nitrogen and oxygen atoms in total. The van der Waals surface area contributed by atoms with Crippen LogP contribution in [0.1, 0.15) is 56.7 Å². The van der Waals surface area contributed by atoms with Crippen LogP contribution in [-0.2, 0) is 25.9 Å². The zero-order valence-electron chi connectivity index (χ0n) is 12.9. The molecule has 0 saturated heterocycles. The average molecular weight is 273 g/mol. The molecular formula is C17H27N3. The summed E-state index contributed by atoms with van der Waals surface area (Å²) in [5.74, 6) is 3.09. The van der Waals surface area contributed by atoms with E-state index in [9.17, 15) is 0 Å². The molecule has 0 unspecified atom stereocenters. The molecule has 1 N–H and O–H groups in total. The monoisotopic (exact) mass is 273 g/mol. The van der Waals surface area contributed by atoms with E-state index in [0.29, 0.717) is 11.3 Å². The Morgan fingerprint density at radius 2 is 2.15 bits per heavy atom. The predicted molar refractivity (Wildman–Crippen MR) is 80.6 cm³/mol. The van der Waals surface area contributed by atoms with Crippen molar-refractivity contribution in [1.82, 2.24) is 14.9 Å². The second kappa shape index (κ2) is 4.59. The van der Waals surface area contributed by atoms with E-state index < -0.39 is 0 Å². The lowest BCUT2D eigenvalue weighted by atomic mass is 9.99. The van der Waals surface area contributed by atoms with Crippen molar-refractivity contribution in [2.24, 2.45) is 17.3 Å². The SMILES string of the molecule is CC(C)Cc1nc2c(n1CC1(C3CC3)CC1)CCNC2. The van der Waals surface area contributed by atoms with Gasteiger partial charge in [0.05, 0.1) is 5.69 Å². The van der Waals surface area contributed by atoms with Gasteiger partial charge in [0.2, 0.25) is 0 Å². The van der Waals surface area contributed by atoms with Crippen molar-refractivity contribution in [3.8, 4) is 0 Å². The van der Waals surface area contributed by atoms with Gasteiger partial charge in [-0.2, -0.15) is 0 Å². The molecule has 0 spiro atoms. The summed E-state index contributed by atoms with van der Waals surface area (Å²) in [4.78, 5) is 4.98. The third-order valence-corrected chi connectivity index (χ3v) is 5.46. The fraction of sp³-hybridized carbons (Fsp3) is 0.824. The molecular weight excluding hydrogens is 246 g/mol.